The van der Waals surface area contributed by atoms with Crippen molar-refractivity contribution in [3.8, 4) is 0 Å². The number of anilines is 2. The molecule has 2 saturated heterocycles. The van der Waals surface area contributed by atoms with Gasteiger partial charge < -0.3 is 25.2 Å². The lowest BCUT2D eigenvalue weighted by molar-refractivity contribution is 0.0940. The van der Waals surface area contributed by atoms with Gasteiger partial charge in [0.1, 0.15) is 5.82 Å². The molecule has 2 N–H and O–H groups in total. The van der Waals surface area contributed by atoms with Crippen LogP contribution in [-0.4, -0.2) is 71.6 Å². The van der Waals surface area contributed by atoms with Crippen LogP contribution < -0.4 is 15.5 Å². The van der Waals surface area contributed by atoms with Gasteiger partial charge in [-0.3, -0.25) is 4.68 Å². The van der Waals surface area contributed by atoms with E-state index in [-0.39, 0.29) is 12.1 Å². The first-order valence-electron chi connectivity index (χ1n) is 10.2. The molecule has 1 unspecified atom stereocenters. The number of piperazine rings is 1. The van der Waals surface area contributed by atoms with Gasteiger partial charge in [0, 0.05) is 51.7 Å². The van der Waals surface area contributed by atoms with E-state index in [1.165, 1.54) is 0 Å². The SMILES string of the molecule is CN1CCN(c2ccc(CNC(=O)Nc3cnn(CC4CCCO4)c3)cn2)CC1. The molecule has 2 aliphatic heterocycles. The molecular formula is C20H29N7O2. The van der Waals surface area contributed by atoms with Crippen molar-refractivity contribution in [1.29, 1.82) is 0 Å². The van der Waals surface area contributed by atoms with Crippen molar-refractivity contribution in [3.05, 3.63) is 36.3 Å². The maximum absolute atomic E-state index is 12.2. The van der Waals surface area contributed by atoms with E-state index in [4.69, 9.17) is 4.74 Å². The molecule has 4 rings (SSSR count). The number of aromatic nitrogens is 3. The average Bonchev–Trinajstić information content (AvgIpc) is 3.40. The molecule has 0 radical (unpaired) electrons. The Morgan fingerprint density at radius 1 is 1.24 bits per heavy atom. The molecule has 9 nitrogen and oxygen atoms in total. The Balaban J connectivity index is 1.22. The lowest BCUT2D eigenvalue weighted by atomic mass is 10.2. The number of nitrogens with one attached hydrogen (secondary N) is 2. The van der Waals surface area contributed by atoms with Gasteiger partial charge in [-0.2, -0.15) is 5.10 Å². The van der Waals surface area contributed by atoms with Gasteiger partial charge >= 0.3 is 6.03 Å². The summed E-state index contributed by atoms with van der Waals surface area (Å²) in [4.78, 5) is 21.3. The van der Waals surface area contributed by atoms with E-state index in [0.29, 0.717) is 18.8 Å². The minimum Gasteiger partial charge on any atom is -0.376 e. The Bertz CT molecular complexity index is 793. The highest BCUT2D eigenvalue weighted by Gasteiger charge is 2.17. The number of carbonyl (C=O) groups is 1. The molecule has 2 fully saturated rings. The van der Waals surface area contributed by atoms with Crippen LogP contribution in [0.5, 0.6) is 0 Å². The minimum absolute atomic E-state index is 0.220. The lowest BCUT2D eigenvalue weighted by Gasteiger charge is -2.33. The third-order valence-corrected chi connectivity index (χ3v) is 5.40. The van der Waals surface area contributed by atoms with Crippen LogP contribution in [0.4, 0.5) is 16.3 Å². The molecule has 0 aromatic carbocycles. The van der Waals surface area contributed by atoms with Gasteiger partial charge in [-0.05, 0) is 31.5 Å². The van der Waals surface area contributed by atoms with Crippen molar-refractivity contribution in [2.45, 2.75) is 32.0 Å². The summed E-state index contributed by atoms with van der Waals surface area (Å²) in [5, 5.41) is 9.97. The Morgan fingerprint density at radius 3 is 2.83 bits per heavy atom. The number of ether oxygens (including phenoxy) is 1. The van der Waals surface area contributed by atoms with E-state index in [0.717, 1.165) is 57.0 Å². The summed E-state index contributed by atoms with van der Waals surface area (Å²) >= 11 is 0. The van der Waals surface area contributed by atoms with Crippen LogP contribution in [0.1, 0.15) is 18.4 Å². The fourth-order valence-electron chi connectivity index (χ4n) is 3.63. The smallest absolute Gasteiger partial charge is 0.319 e. The van der Waals surface area contributed by atoms with Crippen LogP contribution in [-0.2, 0) is 17.8 Å². The molecule has 2 aliphatic rings. The molecule has 1 atom stereocenters. The standard InChI is InChI=1S/C20H29N7O2/c1-25-6-8-26(9-7-25)19-5-4-16(11-21-19)12-22-20(28)24-17-13-23-27(14-17)15-18-3-2-10-29-18/h4-5,11,13-14,18H,2-3,6-10,12,15H2,1H3,(H2,22,24,28). The molecular weight excluding hydrogens is 370 g/mol. The van der Waals surface area contributed by atoms with Crippen LogP contribution >= 0.6 is 0 Å². The Kier molecular flexibility index (Phi) is 6.26. The largest absolute Gasteiger partial charge is 0.376 e. The van der Waals surface area contributed by atoms with E-state index < -0.39 is 0 Å². The van der Waals surface area contributed by atoms with Crippen LogP contribution in [0.25, 0.3) is 0 Å². The summed E-state index contributed by atoms with van der Waals surface area (Å²) in [5.74, 6) is 0.991. The number of likely N-dealkylation sites (N-methyl/N-ethyl adjacent to an activating group) is 1. The van der Waals surface area contributed by atoms with Crippen molar-refractivity contribution in [2.75, 3.05) is 50.1 Å². The van der Waals surface area contributed by atoms with Crippen molar-refractivity contribution in [1.82, 2.24) is 25.0 Å². The molecule has 0 spiro atoms. The average molecular weight is 399 g/mol. The molecule has 0 aliphatic carbocycles. The molecule has 2 aromatic heterocycles. The van der Waals surface area contributed by atoms with Gasteiger partial charge in [0.15, 0.2) is 0 Å². The van der Waals surface area contributed by atoms with Crippen molar-refractivity contribution >= 4 is 17.5 Å². The van der Waals surface area contributed by atoms with E-state index in [1.807, 2.05) is 29.2 Å². The highest BCUT2D eigenvalue weighted by Crippen LogP contribution is 2.15. The Labute approximate surface area is 171 Å². The van der Waals surface area contributed by atoms with Gasteiger partial charge in [-0.1, -0.05) is 6.07 Å². The van der Waals surface area contributed by atoms with E-state index in [1.54, 1.807) is 6.20 Å². The predicted molar refractivity (Wildman–Crippen MR) is 111 cm³/mol. The number of carbonyl (C=O) groups excluding carboxylic acids is 1. The molecule has 0 bridgehead atoms. The molecule has 9 heteroatoms. The Morgan fingerprint density at radius 2 is 2.10 bits per heavy atom. The minimum atomic E-state index is -0.259. The van der Waals surface area contributed by atoms with E-state index in [9.17, 15) is 4.79 Å². The fraction of sp³-hybridized carbons (Fsp3) is 0.550. The maximum Gasteiger partial charge on any atom is 0.319 e. The highest BCUT2D eigenvalue weighted by molar-refractivity contribution is 5.88. The monoisotopic (exact) mass is 399 g/mol. The summed E-state index contributed by atoms with van der Waals surface area (Å²) in [6.07, 6.45) is 7.69. The number of hydrogen-bond donors (Lipinski definition) is 2. The summed E-state index contributed by atoms with van der Waals surface area (Å²) in [5.41, 5.74) is 1.64. The van der Waals surface area contributed by atoms with Gasteiger partial charge in [-0.25, -0.2) is 9.78 Å². The normalized spacial score (nSPS) is 20.0. The first-order chi connectivity index (χ1) is 14.2. The van der Waals surface area contributed by atoms with Crippen LogP contribution in [0.15, 0.2) is 30.7 Å². The molecule has 156 valence electrons. The van der Waals surface area contributed by atoms with Crippen LogP contribution in [0.3, 0.4) is 0 Å². The summed E-state index contributed by atoms with van der Waals surface area (Å²) in [6.45, 7) is 6.05. The van der Waals surface area contributed by atoms with Crippen molar-refractivity contribution < 1.29 is 9.53 Å². The third-order valence-electron chi connectivity index (χ3n) is 5.40. The molecule has 4 heterocycles. The van der Waals surface area contributed by atoms with Crippen molar-refractivity contribution in [2.24, 2.45) is 0 Å². The van der Waals surface area contributed by atoms with Gasteiger partial charge in [0.25, 0.3) is 0 Å². The summed E-state index contributed by atoms with van der Waals surface area (Å²) in [6, 6.07) is 3.78. The first kappa shape index (κ1) is 19.7. The predicted octanol–water partition coefficient (Wildman–Crippen LogP) is 1.53. The Hall–Kier alpha value is -2.65. The number of amides is 2. The number of hydrogen-bond acceptors (Lipinski definition) is 6. The second kappa shape index (κ2) is 9.23. The van der Waals surface area contributed by atoms with Crippen LogP contribution in [0, 0.1) is 0 Å². The number of urea groups is 1. The van der Waals surface area contributed by atoms with Crippen molar-refractivity contribution in [3.63, 3.8) is 0 Å². The van der Waals surface area contributed by atoms with Gasteiger partial charge in [0.2, 0.25) is 0 Å². The quantitative estimate of drug-likeness (QED) is 0.766. The second-order valence-corrected chi connectivity index (χ2v) is 7.71. The third kappa shape index (κ3) is 5.45. The zero-order chi connectivity index (χ0) is 20.1. The molecule has 2 aromatic rings. The van der Waals surface area contributed by atoms with Crippen LogP contribution in [0.2, 0.25) is 0 Å². The topological polar surface area (TPSA) is 87.6 Å². The number of pyridine rings is 1. The molecule has 0 saturated carbocycles. The first-order valence-corrected chi connectivity index (χ1v) is 10.2. The van der Waals surface area contributed by atoms with Gasteiger partial charge in [0.05, 0.1) is 24.5 Å². The van der Waals surface area contributed by atoms with E-state index in [2.05, 4.69) is 37.6 Å². The fourth-order valence-corrected chi connectivity index (χ4v) is 3.63. The lowest BCUT2D eigenvalue weighted by Crippen LogP contribution is -2.44. The van der Waals surface area contributed by atoms with E-state index >= 15 is 0 Å². The number of rotatable bonds is 6. The number of nitrogens with zero attached hydrogens (tertiary/aromatic N) is 5. The second-order valence-electron chi connectivity index (χ2n) is 7.71. The molecule has 29 heavy (non-hydrogen) atoms. The molecule has 2 amide bonds. The maximum atomic E-state index is 12.2. The zero-order valence-electron chi connectivity index (χ0n) is 16.9. The summed E-state index contributed by atoms with van der Waals surface area (Å²) in [7, 11) is 2.14. The van der Waals surface area contributed by atoms with Gasteiger partial charge in [-0.15, -0.1) is 0 Å². The highest BCUT2D eigenvalue weighted by atomic mass is 16.5. The summed E-state index contributed by atoms with van der Waals surface area (Å²) < 4.78 is 7.43. The zero-order valence-corrected chi connectivity index (χ0v) is 16.9.